The van der Waals surface area contributed by atoms with Crippen LogP contribution in [0.3, 0.4) is 0 Å². The van der Waals surface area contributed by atoms with Crippen LogP contribution in [0.2, 0.25) is 0 Å². The third kappa shape index (κ3) is 4.58. The van der Waals surface area contributed by atoms with Gasteiger partial charge in [0.15, 0.2) is 0 Å². The molecule has 1 radical (unpaired) electrons. The van der Waals surface area contributed by atoms with E-state index in [1.54, 1.807) is 0 Å². The molecule has 0 bridgehead atoms. The molecule has 0 saturated carbocycles. The molecule has 2 aromatic carbocycles. The molecule has 0 spiro atoms. The normalized spacial score (nSPS) is 10.1. The second kappa shape index (κ2) is 7.75. The molecule has 0 amide bonds. The van der Waals surface area contributed by atoms with Gasteiger partial charge in [0.05, 0.1) is 14.1 Å². The maximum atomic E-state index is 2.24. The number of benzene rings is 2. The van der Waals surface area contributed by atoms with Gasteiger partial charge in [-0.3, -0.25) is 4.48 Å². The second-order valence-electron chi connectivity index (χ2n) is 4.66. The average Bonchev–Trinajstić information content (AvgIpc) is 2.31. The summed E-state index contributed by atoms with van der Waals surface area (Å²) in [4.78, 5) is 0. The first-order valence-electron chi connectivity index (χ1n) is 5.61. The summed E-state index contributed by atoms with van der Waals surface area (Å²) in [6.07, 6.45) is 0. The van der Waals surface area contributed by atoms with Crippen LogP contribution < -0.4 is 21.5 Å². The van der Waals surface area contributed by atoms with E-state index < -0.39 is 0 Å². The van der Waals surface area contributed by atoms with E-state index in [1.165, 1.54) is 11.3 Å². The number of para-hydroxylation sites is 1. The van der Waals surface area contributed by atoms with Gasteiger partial charge in [-0.2, -0.15) is 0 Å². The topological polar surface area (TPSA) is 0 Å². The molecule has 0 aliphatic heterocycles. The van der Waals surface area contributed by atoms with Crippen LogP contribution in [0.4, 0.5) is 5.69 Å². The fourth-order valence-electron chi connectivity index (χ4n) is 1.96. The van der Waals surface area contributed by atoms with Crippen LogP contribution in [0.1, 0.15) is 5.56 Å². The zero-order chi connectivity index (χ0) is 11.4. The van der Waals surface area contributed by atoms with Gasteiger partial charge in [0, 0.05) is 22.6 Å². The zero-order valence-corrected chi connectivity index (χ0v) is 13.5. The first-order valence-corrected chi connectivity index (χ1v) is 5.61. The molecule has 18 heavy (non-hydrogen) atoms. The second-order valence-corrected chi connectivity index (χ2v) is 4.66. The molecule has 2 aromatic rings. The molecule has 0 heterocycles. The maximum Gasteiger partial charge on any atom is 0.132 e. The van der Waals surface area contributed by atoms with Crippen molar-refractivity contribution in [3.8, 4) is 0 Å². The van der Waals surface area contributed by atoms with E-state index in [0.29, 0.717) is 0 Å². The molecule has 0 N–H and O–H groups in total. The van der Waals surface area contributed by atoms with Crippen molar-refractivity contribution in [1.82, 2.24) is 4.48 Å². The first-order chi connectivity index (χ1) is 7.68. The summed E-state index contributed by atoms with van der Waals surface area (Å²) >= 11 is 0. The number of quaternary nitrogens is 1. The molecule has 0 aliphatic carbocycles. The minimum Gasteiger partial charge on any atom is -1.00 e. The van der Waals surface area contributed by atoms with E-state index in [1.807, 2.05) is 0 Å². The van der Waals surface area contributed by atoms with Crippen molar-refractivity contribution in [2.24, 2.45) is 0 Å². The Balaban J connectivity index is 0.00000144. The Labute approximate surface area is 131 Å². The Morgan fingerprint density at radius 2 is 1.22 bits per heavy atom. The standard InChI is InChI=1S/C15H18N.BrH.Mn/c1-16(2,15-11-7-4-8-12-15)13-14-9-5-3-6-10-14;;/h3-12H,13H2,1-2H3;1H;/q+1;;/p-1. The summed E-state index contributed by atoms with van der Waals surface area (Å²) < 4.78 is 0.880. The van der Waals surface area contributed by atoms with Gasteiger partial charge in [-0.15, -0.1) is 0 Å². The van der Waals surface area contributed by atoms with Crippen molar-refractivity contribution in [3.05, 3.63) is 66.2 Å². The summed E-state index contributed by atoms with van der Waals surface area (Å²) in [5.41, 5.74) is 2.71. The minimum absolute atomic E-state index is 0. The van der Waals surface area contributed by atoms with Crippen LogP contribution in [-0.2, 0) is 23.6 Å². The summed E-state index contributed by atoms with van der Waals surface area (Å²) in [6, 6.07) is 21.2. The van der Waals surface area contributed by atoms with Crippen LogP contribution in [0.5, 0.6) is 0 Å². The Bertz CT molecular complexity index is 443. The SMILES string of the molecule is C[N+](C)(Cc1ccccc1)c1ccccc1.[Br-].[Mn]. The molecular weight excluding hydrogens is 329 g/mol. The molecule has 1 nitrogen and oxygen atoms in total. The van der Waals surface area contributed by atoms with Gasteiger partial charge < -0.3 is 17.0 Å². The van der Waals surface area contributed by atoms with Crippen LogP contribution >= 0.6 is 0 Å². The van der Waals surface area contributed by atoms with Crippen LogP contribution in [0.15, 0.2) is 60.7 Å². The molecule has 0 aliphatic rings. The fraction of sp³-hybridized carbons (Fsp3) is 0.200. The van der Waals surface area contributed by atoms with Gasteiger partial charge in [-0.25, -0.2) is 0 Å². The zero-order valence-electron chi connectivity index (χ0n) is 10.7. The largest absolute Gasteiger partial charge is 1.00 e. The molecular formula is C15H18BrMnN. The van der Waals surface area contributed by atoms with E-state index in [2.05, 4.69) is 74.8 Å². The Hall–Kier alpha value is -0.601. The number of hydrogen-bond donors (Lipinski definition) is 0. The number of halogens is 1. The van der Waals surface area contributed by atoms with Crippen molar-refractivity contribution in [1.29, 1.82) is 0 Å². The minimum atomic E-state index is 0. The monoisotopic (exact) mass is 346 g/mol. The maximum absolute atomic E-state index is 2.24. The quantitative estimate of drug-likeness (QED) is 0.559. The van der Waals surface area contributed by atoms with Crippen molar-refractivity contribution >= 4 is 5.69 Å². The summed E-state index contributed by atoms with van der Waals surface area (Å²) in [5, 5.41) is 0. The van der Waals surface area contributed by atoms with Crippen molar-refractivity contribution < 1.29 is 34.1 Å². The third-order valence-electron chi connectivity index (χ3n) is 2.88. The molecule has 97 valence electrons. The Kier molecular flexibility index (Phi) is 7.49. The Morgan fingerprint density at radius 3 is 1.72 bits per heavy atom. The van der Waals surface area contributed by atoms with Gasteiger partial charge in [-0.05, 0) is 12.1 Å². The Morgan fingerprint density at radius 1 is 0.778 bits per heavy atom. The molecule has 0 saturated heterocycles. The fourth-order valence-corrected chi connectivity index (χ4v) is 1.96. The molecule has 0 atom stereocenters. The average molecular weight is 347 g/mol. The van der Waals surface area contributed by atoms with Crippen LogP contribution in [0.25, 0.3) is 0 Å². The number of nitrogens with zero attached hydrogens (tertiary/aromatic N) is 1. The van der Waals surface area contributed by atoms with E-state index in [9.17, 15) is 0 Å². The third-order valence-corrected chi connectivity index (χ3v) is 2.88. The van der Waals surface area contributed by atoms with Gasteiger partial charge in [-0.1, -0.05) is 48.5 Å². The first kappa shape index (κ1) is 17.4. The molecule has 2 rings (SSSR count). The van der Waals surface area contributed by atoms with Crippen LogP contribution in [-0.4, -0.2) is 14.1 Å². The van der Waals surface area contributed by atoms with Crippen LogP contribution in [0, 0.1) is 0 Å². The summed E-state index contributed by atoms with van der Waals surface area (Å²) in [6.45, 7) is 1.02. The molecule has 0 fully saturated rings. The van der Waals surface area contributed by atoms with Gasteiger partial charge in [0.25, 0.3) is 0 Å². The molecule has 0 unspecified atom stereocenters. The molecule has 3 heteroatoms. The number of rotatable bonds is 3. The smallest absolute Gasteiger partial charge is 0.132 e. The molecule has 0 aromatic heterocycles. The summed E-state index contributed by atoms with van der Waals surface area (Å²) in [7, 11) is 4.48. The van der Waals surface area contributed by atoms with Crippen molar-refractivity contribution in [3.63, 3.8) is 0 Å². The van der Waals surface area contributed by atoms with E-state index in [0.717, 1.165) is 11.0 Å². The van der Waals surface area contributed by atoms with Gasteiger partial charge in [0.1, 0.15) is 12.2 Å². The van der Waals surface area contributed by atoms with E-state index in [-0.39, 0.29) is 34.1 Å². The van der Waals surface area contributed by atoms with E-state index in [4.69, 9.17) is 0 Å². The predicted molar refractivity (Wildman–Crippen MR) is 70.2 cm³/mol. The van der Waals surface area contributed by atoms with Gasteiger partial charge >= 0.3 is 0 Å². The van der Waals surface area contributed by atoms with Crippen molar-refractivity contribution in [2.45, 2.75) is 6.54 Å². The predicted octanol–water partition coefficient (Wildman–Crippen LogP) is 0.455. The summed E-state index contributed by atoms with van der Waals surface area (Å²) in [5.74, 6) is 0. The number of hydrogen-bond acceptors (Lipinski definition) is 0. The van der Waals surface area contributed by atoms with Crippen molar-refractivity contribution in [2.75, 3.05) is 14.1 Å². The van der Waals surface area contributed by atoms with Gasteiger partial charge in [0.2, 0.25) is 0 Å². The van der Waals surface area contributed by atoms with E-state index >= 15 is 0 Å².